The molecule has 172 valence electrons. The number of nitrogens with one attached hydrogen (secondary N) is 1. The van der Waals surface area contributed by atoms with E-state index in [0.717, 1.165) is 9.13 Å². The zero-order valence-electron chi connectivity index (χ0n) is 17.9. The molecule has 34 heavy (non-hydrogen) atoms. The quantitative estimate of drug-likeness (QED) is 0.253. The van der Waals surface area contributed by atoms with Crippen LogP contribution in [0.5, 0.6) is 11.5 Å². The van der Waals surface area contributed by atoms with Gasteiger partial charge in [-0.15, -0.1) is 0 Å². The third-order valence-electron chi connectivity index (χ3n) is 5.05. The minimum absolute atomic E-state index is 0.00824. The first-order chi connectivity index (χ1) is 16.4. The molecule has 2 amide bonds. The van der Waals surface area contributed by atoms with Crippen molar-refractivity contribution in [3.63, 3.8) is 0 Å². The molecule has 8 nitrogen and oxygen atoms in total. The van der Waals surface area contributed by atoms with Gasteiger partial charge in [0, 0.05) is 0 Å². The van der Waals surface area contributed by atoms with E-state index in [-0.39, 0.29) is 17.7 Å². The first-order valence-electron chi connectivity index (χ1n) is 10.1. The normalized spacial score (nSPS) is 14.3. The summed E-state index contributed by atoms with van der Waals surface area (Å²) < 4.78 is 12.1. The van der Waals surface area contributed by atoms with E-state index in [1.54, 1.807) is 48.5 Å². The summed E-state index contributed by atoms with van der Waals surface area (Å²) in [6.07, 6.45) is 1.51. The van der Waals surface area contributed by atoms with Gasteiger partial charge in [-0.1, -0.05) is 30.3 Å². The zero-order valence-corrected chi connectivity index (χ0v) is 20.1. The first kappa shape index (κ1) is 23.3. The smallest absolute Gasteiger partial charge is 0.335 e. The molecule has 0 atom stereocenters. The molecular weight excluding hydrogens is 551 g/mol. The van der Waals surface area contributed by atoms with Crippen LogP contribution in [-0.4, -0.2) is 30.0 Å². The molecule has 0 saturated carbocycles. The van der Waals surface area contributed by atoms with Crippen LogP contribution in [0.25, 0.3) is 6.08 Å². The summed E-state index contributed by atoms with van der Waals surface area (Å²) in [6, 6.07) is 18.7. The highest BCUT2D eigenvalue weighted by Crippen LogP contribution is 2.35. The number of anilines is 1. The number of aromatic carboxylic acids is 1. The van der Waals surface area contributed by atoms with Crippen LogP contribution in [0.3, 0.4) is 0 Å². The van der Waals surface area contributed by atoms with E-state index in [1.807, 2.05) is 6.07 Å². The summed E-state index contributed by atoms with van der Waals surface area (Å²) in [5.74, 6) is -0.995. The van der Waals surface area contributed by atoms with Crippen molar-refractivity contribution in [1.82, 2.24) is 5.43 Å². The van der Waals surface area contributed by atoms with Crippen molar-refractivity contribution >= 4 is 52.1 Å². The van der Waals surface area contributed by atoms with Gasteiger partial charge in [0.05, 0.1) is 21.9 Å². The number of rotatable bonds is 7. The number of hydrogen-bond donors (Lipinski definition) is 2. The van der Waals surface area contributed by atoms with Crippen molar-refractivity contribution in [2.75, 3.05) is 12.1 Å². The van der Waals surface area contributed by atoms with Crippen molar-refractivity contribution in [3.8, 4) is 11.5 Å². The fourth-order valence-corrected chi connectivity index (χ4v) is 4.13. The van der Waals surface area contributed by atoms with Crippen LogP contribution >= 0.6 is 22.6 Å². The Morgan fingerprint density at radius 2 is 1.79 bits per heavy atom. The molecule has 1 aliphatic rings. The average molecular weight is 570 g/mol. The molecule has 3 aromatic carbocycles. The minimum atomic E-state index is -0.991. The molecule has 1 aliphatic heterocycles. The number of hydrogen-bond acceptors (Lipinski definition) is 5. The van der Waals surface area contributed by atoms with Crippen LogP contribution in [-0.2, 0) is 16.2 Å². The zero-order chi connectivity index (χ0) is 24.2. The van der Waals surface area contributed by atoms with Crippen LogP contribution in [0.1, 0.15) is 21.5 Å². The van der Waals surface area contributed by atoms with Crippen molar-refractivity contribution in [2.45, 2.75) is 6.61 Å². The van der Waals surface area contributed by atoms with Crippen molar-refractivity contribution < 1.29 is 29.0 Å². The lowest BCUT2D eigenvalue weighted by Gasteiger charge is -2.14. The highest BCUT2D eigenvalue weighted by Gasteiger charge is 2.34. The predicted molar refractivity (Wildman–Crippen MR) is 133 cm³/mol. The van der Waals surface area contributed by atoms with Gasteiger partial charge in [-0.3, -0.25) is 15.0 Å². The van der Waals surface area contributed by atoms with Gasteiger partial charge in [-0.2, -0.15) is 0 Å². The number of carboxylic acids is 1. The molecule has 0 spiro atoms. The second kappa shape index (κ2) is 9.96. The Labute approximate surface area is 208 Å². The lowest BCUT2D eigenvalue weighted by molar-refractivity contribution is -0.117. The number of halogens is 1. The molecular formula is C25H19IN2O6. The fraction of sp³-hybridized carbons (Fsp3) is 0.0800. The number of methoxy groups -OCH3 is 1. The third kappa shape index (κ3) is 4.88. The van der Waals surface area contributed by atoms with Gasteiger partial charge in [-0.25, -0.2) is 9.80 Å². The molecule has 9 heteroatoms. The molecule has 2 N–H and O–H groups in total. The topological polar surface area (TPSA) is 105 Å². The summed E-state index contributed by atoms with van der Waals surface area (Å²) in [4.78, 5) is 36.3. The number of hydrazine groups is 1. The van der Waals surface area contributed by atoms with Gasteiger partial charge in [0.2, 0.25) is 0 Å². The maximum absolute atomic E-state index is 12.8. The highest BCUT2D eigenvalue weighted by atomic mass is 127. The van der Waals surface area contributed by atoms with Gasteiger partial charge in [0.15, 0.2) is 11.5 Å². The number of benzene rings is 3. The average Bonchev–Trinajstić information content (AvgIpc) is 3.12. The second-order valence-corrected chi connectivity index (χ2v) is 8.46. The lowest BCUT2D eigenvalue weighted by Crippen LogP contribution is -2.35. The van der Waals surface area contributed by atoms with Crippen LogP contribution in [0.4, 0.5) is 5.69 Å². The maximum atomic E-state index is 12.8. The fourth-order valence-electron chi connectivity index (χ4n) is 3.35. The number of carbonyl (C=O) groups excluding carboxylic acids is 2. The van der Waals surface area contributed by atoms with E-state index in [4.69, 9.17) is 14.6 Å². The molecule has 1 saturated heterocycles. The SMILES string of the molecule is COc1cc(/C=C2/C(=O)NN(c3ccccc3)C2=O)cc(I)c1OCc1ccc(C(=O)O)cc1. The monoisotopic (exact) mass is 570 g/mol. The van der Waals surface area contributed by atoms with Crippen molar-refractivity contribution in [1.29, 1.82) is 0 Å². The Balaban J connectivity index is 1.55. The van der Waals surface area contributed by atoms with Crippen LogP contribution < -0.4 is 19.9 Å². The number of para-hydroxylation sites is 1. The van der Waals surface area contributed by atoms with Crippen molar-refractivity contribution in [3.05, 3.63) is 92.6 Å². The van der Waals surface area contributed by atoms with Gasteiger partial charge in [-0.05, 0) is 76.2 Å². The number of amides is 2. The number of ether oxygens (including phenoxy) is 2. The molecule has 3 aromatic rings. The minimum Gasteiger partial charge on any atom is -0.493 e. The number of carbonyl (C=O) groups is 3. The van der Waals surface area contributed by atoms with Gasteiger partial charge in [0.25, 0.3) is 11.8 Å². The van der Waals surface area contributed by atoms with E-state index in [9.17, 15) is 14.4 Å². The molecule has 0 aromatic heterocycles. The third-order valence-corrected chi connectivity index (χ3v) is 5.85. The Kier molecular flexibility index (Phi) is 6.82. The summed E-state index contributed by atoms with van der Waals surface area (Å²) in [5.41, 5.74) is 4.75. The standard InChI is InChI=1S/C25H19IN2O6/c1-33-21-13-16(11-19-23(29)27-28(24(19)30)18-5-3-2-4-6-18)12-20(26)22(21)34-14-15-7-9-17(10-8-15)25(31)32/h2-13H,14H2,1H3,(H,27,29)(H,31,32)/b19-11-. The van der Waals surface area contributed by atoms with Gasteiger partial charge in [0.1, 0.15) is 12.2 Å². The van der Waals surface area contributed by atoms with Gasteiger partial charge >= 0.3 is 5.97 Å². The maximum Gasteiger partial charge on any atom is 0.335 e. The predicted octanol–water partition coefficient (Wildman–Crippen LogP) is 4.04. The van der Waals surface area contributed by atoms with Crippen LogP contribution in [0, 0.1) is 3.57 Å². The summed E-state index contributed by atoms with van der Waals surface area (Å²) in [7, 11) is 1.50. The Morgan fingerprint density at radius 3 is 2.44 bits per heavy atom. The Bertz CT molecular complexity index is 1290. The van der Waals surface area contributed by atoms with E-state index in [0.29, 0.717) is 22.7 Å². The molecule has 0 bridgehead atoms. The number of carboxylic acid groups (broad SMARTS) is 1. The molecule has 4 rings (SSSR count). The van der Waals surface area contributed by atoms with E-state index in [2.05, 4.69) is 28.0 Å². The number of nitrogens with zero attached hydrogens (tertiary/aromatic N) is 1. The lowest BCUT2D eigenvalue weighted by atomic mass is 10.1. The Hall–Kier alpha value is -3.86. The summed E-state index contributed by atoms with van der Waals surface area (Å²) in [6.45, 7) is 0.208. The Morgan fingerprint density at radius 1 is 1.09 bits per heavy atom. The molecule has 0 aliphatic carbocycles. The van der Waals surface area contributed by atoms with Gasteiger partial charge < -0.3 is 14.6 Å². The molecule has 0 radical (unpaired) electrons. The van der Waals surface area contributed by atoms with Crippen LogP contribution in [0.2, 0.25) is 0 Å². The van der Waals surface area contributed by atoms with E-state index >= 15 is 0 Å². The van der Waals surface area contributed by atoms with Crippen molar-refractivity contribution in [2.24, 2.45) is 0 Å². The second-order valence-electron chi connectivity index (χ2n) is 7.30. The largest absolute Gasteiger partial charge is 0.493 e. The molecule has 1 fully saturated rings. The van der Waals surface area contributed by atoms with E-state index < -0.39 is 17.8 Å². The molecule has 0 unspecified atom stereocenters. The van der Waals surface area contributed by atoms with Crippen LogP contribution in [0.15, 0.2) is 72.3 Å². The van der Waals surface area contributed by atoms with E-state index in [1.165, 1.54) is 30.3 Å². The summed E-state index contributed by atoms with van der Waals surface area (Å²) in [5, 5.41) is 10.2. The highest BCUT2D eigenvalue weighted by molar-refractivity contribution is 14.1. The first-order valence-corrected chi connectivity index (χ1v) is 11.2. The molecule has 1 heterocycles. The summed E-state index contributed by atoms with van der Waals surface area (Å²) >= 11 is 2.09.